The second-order valence-electron chi connectivity index (χ2n) is 4.84. The molecule has 2 N–H and O–H groups in total. The van der Waals surface area contributed by atoms with Crippen LogP contribution in [-0.4, -0.2) is 18.4 Å². The molecule has 0 aromatic heterocycles. The third-order valence-corrected chi connectivity index (χ3v) is 3.07. The van der Waals surface area contributed by atoms with Gasteiger partial charge in [-0.25, -0.2) is 8.78 Å². The first-order valence-corrected chi connectivity index (χ1v) is 7.25. The molecule has 0 saturated carbocycles. The molecular weight excluding hydrogens is 318 g/mol. The first-order chi connectivity index (χ1) is 11.5. The molecule has 2 aromatic rings. The first kappa shape index (κ1) is 17.4. The molecule has 0 bridgehead atoms. The molecule has 0 aliphatic rings. The molecule has 0 radical (unpaired) electrons. The molecule has 2 amide bonds. The average molecular weight is 334 g/mol. The summed E-state index contributed by atoms with van der Waals surface area (Å²) < 4.78 is 31.5. The van der Waals surface area contributed by atoms with E-state index in [1.54, 1.807) is 24.3 Å². The van der Waals surface area contributed by atoms with Crippen molar-refractivity contribution in [1.82, 2.24) is 5.32 Å². The van der Waals surface area contributed by atoms with Gasteiger partial charge in [0.05, 0.1) is 12.3 Å². The van der Waals surface area contributed by atoms with E-state index in [0.717, 1.165) is 17.7 Å². The van der Waals surface area contributed by atoms with Gasteiger partial charge >= 0.3 is 11.8 Å². The summed E-state index contributed by atoms with van der Waals surface area (Å²) in [4.78, 5) is 23.4. The number of nitrogens with one attached hydrogen (secondary N) is 2. The van der Waals surface area contributed by atoms with E-state index in [-0.39, 0.29) is 12.2 Å². The van der Waals surface area contributed by atoms with Gasteiger partial charge in [0.25, 0.3) is 0 Å². The lowest BCUT2D eigenvalue weighted by molar-refractivity contribution is -0.136. The van der Waals surface area contributed by atoms with Gasteiger partial charge in [0, 0.05) is 12.6 Å². The summed E-state index contributed by atoms with van der Waals surface area (Å²) in [7, 11) is 0. The number of anilines is 1. The molecule has 0 saturated heterocycles. The molecule has 7 heteroatoms. The highest BCUT2D eigenvalue weighted by Crippen LogP contribution is 2.15. The molecule has 126 valence electrons. The number of ether oxygens (including phenoxy) is 1. The zero-order chi connectivity index (χ0) is 17.5. The molecule has 0 fully saturated rings. The Morgan fingerprint density at radius 1 is 1.04 bits per heavy atom. The largest absolute Gasteiger partial charge is 0.494 e. The van der Waals surface area contributed by atoms with Crippen LogP contribution in [0.2, 0.25) is 0 Å². The van der Waals surface area contributed by atoms with Crippen LogP contribution in [0.15, 0.2) is 42.5 Å². The van der Waals surface area contributed by atoms with Crippen molar-refractivity contribution in [3.8, 4) is 5.75 Å². The van der Waals surface area contributed by atoms with Crippen molar-refractivity contribution in [3.05, 3.63) is 59.7 Å². The van der Waals surface area contributed by atoms with Crippen LogP contribution >= 0.6 is 0 Å². The van der Waals surface area contributed by atoms with Gasteiger partial charge in [-0.05, 0) is 36.8 Å². The van der Waals surface area contributed by atoms with Crippen molar-refractivity contribution >= 4 is 17.5 Å². The minimum absolute atomic E-state index is 0.130. The Morgan fingerprint density at radius 2 is 1.75 bits per heavy atom. The summed E-state index contributed by atoms with van der Waals surface area (Å²) in [6.45, 7) is 2.55. The number of carbonyl (C=O) groups excluding carboxylic acids is 2. The van der Waals surface area contributed by atoms with Crippen molar-refractivity contribution in [3.63, 3.8) is 0 Å². The van der Waals surface area contributed by atoms with E-state index >= 15 is 0 Å². The minimum atomic E-state index is -1.04. The third kappa shape index (κ3) is 4.77. The second-order valence-corrected chi connectivity index (χ2v) is 4.84. The van der Waals surface area contributed by atoms with Crippen LogP contribution in [0, 0.1) is 11.6 Å². The molecule has 24 heavy (non-hydrogen) atoms. The monoisotopic (exact) mass is 334 g/mol. The van der Waals surface area contributed by atoms with Crippen molar-refractivity contribution in [2.24, 2.45) is 0 Å². The fourth-order valence-corrected chi connectivity index (χ4v) is 1.90. The highest BCUT2D eigenvalue weighted by molar-refractivity contribution is 6.39. The molecule has 5 nitrogen and oxygen atoms in total. The average Bonchev–Trinajstić information content (AvgIpc) is 2.56. The normalized spacial score (nSPS) is 10.1. The number of rotatable bonds is 5. The minimum Gasteiger partial charge on any atom is -0.494 e. The molecule has 0 aliphatic heterocycles. The first-order valence-electron chi connectivity index (χ1n) is 7.25. The molecule has 0 heterocycles. The molecule has 2 aromatic carbocycles. The number of benzene rings is 2. The number of hydrogen-bond donors (Lipinski definition) is 2. The van der Waals surface area contributed by atoms with E-state index in [9.17, 15) is 18.4 Å². The van der Waals surface area contributed by atoms with Gasteiger partial charge in [0.1, 0.15) is 17.4 Å². The van der Waals surface area contributed by atoms with Crippen molar-refractivity contribution in [2.45, 2.75) is 13.5 Å². The highest BCUT2D eigenvalue weighted by atomic mass is 19.1. The molecule has 0 atom stereocenters. The van der Waals surface area contributed by atoms with E-state index < -0.39 is 23.4 Å². The quantitative estimate of drug-likeness (QED) is 0.826. The Morgan fingerprint density at radius 3 is 2.38 bits per heavy atom. The van der Waals surface area contributed by atoms with Crippen molar-refractivity contribution in [1.29, 1.82) is 0 Å². The predicted molar refractivity (Wildman–Crippen MR) is 84.4 cm³/mol. The zero-order valence-corrected chi connectivity index (χ0v) is 12.9. The van der Waals surface area contributed by atoms with E-state index in [2.05, 4.69) is 10.6 Å². The Balaban J connectivity index is 1.88. The zero-order valence-electron chi connectivity index (χ0n) is 12.9. The molecule has 0 unspecified atom stereocenters. The fourth-order valence-electron chi connectivity index (χ4n) is 1.90. The van der Waals surface area contributed by atoms with E-state index in [1.165, 1.54) is 0 Å². The molecular formula is C17H16F2N2O3. The highest BCUT2D eigenvalue weighted by Gasteiger charge is 2.15. The van der Waals surface area contributed by atoms with Crippen molar-refractivity contribution < 1.29 is 23.1 Å². The Bertz CT molecular complexity index is 733. The van der Waals surface area contributed by atoms with Crippen LogP contribution < -0.4 is 15.4 Å². The summed E-state index contributed by atoms with van der Waals surface area (Å²) in [5.41, 5.74) is 0.505. The molecule has 2 rings (SSSR count). The lowest BCUT2D eigenvalue weighted by Crippen LogP contribution is -2.35. The fraction of sp³-hybridized carbons (Fsp3) is 0.176. The number of hydrogen-bond acceptors (Lipinski definition) is 3. The number of carbonyl (C=O) groups is 2. The van der Waals surface area contributed by atoms with Gasteiger partial charge in [-0.2, -0.15) is 0 Å². The summed E-state index contributed by atoms with van der Waals surface area (Å²) in [5.74, 6) is -2.98. The van der Waals surface area contributed by atoms with E-state index in [4.69, 9.17) is 4.74 Å². The van der Waals surface area contributed by atoms with Crippen LogP contribution in [0.5, 0.6) is 5.75 Å². The van der Waals surface area contributed by atoms with Gasteiger partial charge in [-0.1, -0.05) is 12.1 Å². The summed E-state index contributed by atoms with van der Waals surface area (Å²) in [6, 6.07) is 9.65. The summed E-state index contributed by atoms with van der Waals surface area (Å²) in [5, 5.41) is 4.50. The lowest BCUT2D eigenvalue weighted by atomic mass is 10.2. The predicted octanol–water partition coefficient (Wildman–Crippen LogP) is 2.62. The Hall–Kier alpha value is -2.96. The van der Waals surface area contributed by atoms with Gasteiger partial charge in [-0.3, -0.25) is 9.59 Å². The second kappa shape index (κ2) is 8.05. The topological polar surface area (TPSA) is 67.4 Å². The van der Waals surface area contributed by atoms with Crippen LogP contribution in [-0.2, 0) is 16.1 Å². The van der Waals surface area contributed by atoms with Gasteiger partial charge in [-0.15, -0.1) is 0 Å². The standard InChI is InChI=1S/C17H16F2N2O3/c1-2-24-13-6-3-11(4-7-13)10-20-16(22)17(23)21-15-8-5-12(18)9-14(15)19/h3-9H,2,10H2,1H3,(H,20,22)(H,21,23). The van der Waals surface area contributed by atoms with Gasteiger partial charge in [0.2, 0.25) is 0 Å². The number of halogens is 2. The third-order valence-electron chi connectivity index (χ3n) is 3.07. The van der Waals surface area contributed by atoms with Gasteiger partial charge < -0.3 is 15.4 Å². The maximum Gasteiger partial charge on any atom is 0.313 e. The van der Waals surface area contributed by atoms with Gasteiger partial charge in [0.15, 0.2) is 0 Å². The van der Waals surface area contributed by atoms with Crippen LogP contribution in [0.4, 0.5) is 14.5 Å². The van der Waals surface area contributed by atoms with E-state index in [1.807, 2.05) is 6.92 Å². The maximum absolute atomic E-state index is 13.4. The smallest absolute Gasteiger partial charge is 0.313 e. The Kier molecular flexibility index (Phi) is 5.83. The maximum atomic E-state index is 13.4. The van der Waals surface area contributed by atoms with E-state index in [0.29, 0.717) is 18.4 Å². The Labute approximate surface area is 137 Å². The molecule has 0 spiro atoms. The lowest BCUT2D eigenvalue weighted by Gasteiger charge is -2.08. The molecule has 0 aliphatic carbocycles. The van der Waals surface area contributed by atoms with Crippen molar-refractivity contribution in [2.75, 3.05) is 11.9 Å². The van der Waals surface area contributed by atoms with Crippen LogP contribution in [0.1, 0.15) is 12.5 Å². The number of amides is 2. The summed E-state index contributed by atoms with van der Waals surface area (Å²) >= 11 is 0. The summed E-state index contributed by atoms with van der Waals surface area (Å²) in [6.07, 6.45) is 0. The van der Waals surface area contributed by atoms with Crippen LogP contribution in [0.3, 0.4) is 0 Å². The SMILES string of the molecule is CCOc1ccc(CNC(=O)C(=O)Nc2ccc(F)cc2F)cc1. The van der Waals surface area contributed by atoms with Crippen LogP contribution in [0.25, 0.3) is 0 Å².